The molecule has 4 heterocycles. The SMILES string of the molecule is C#CC(=O)N1CCOCC1C(=O)CCc1cccc(CN(C)c2nc(NC3CCOCC3)nc3c(C(C)C)cnn23)c1. The summed E-state index contributed by atoms with van der Waals surface area (Å²) < 4.78 is 12.8. The van der Waals surface area contributed by atoms with Crippen molar-refractivity contribution in [2.24, 2.45) is 0 Å². The van der Waals surface area contributed by atoms with Crippen molar-refractivity contribution >= 4 is 29.2 Å². The number of fused-ring (bicyclic) bond motifs is 1. The van der Waals surface area contributed by atoms with E-state index in [-0.39, 0.29) is 24.3 Å². The second-order valence-electron chi connectivity index (χ2n) is 11.2. The van der Waals surface area contributed by atoms with Gasteiger partial charge in [0, 0.05) is 51.4 Å². The minimum Gasteiger partial charge on any atom is -0.381 e. The van der Waals surface area contributed by atoms with Crippen molar-refractivity contribution in [1.82, 2.24) is 24.5 Å². The highest BCUT2D eigenvalue weighted by molar-refractivity contribution is 5.97. The number of carbonyl (C=O) groups is 2. The number of hydrogen-bond acceptors (Lipinski definition) is 9. The van der Waals surface area contributed by atoms with Crippen molar-refractivity contribution in [2.75, 3.05) is 50.2 Å². The number of nitrogens with one attached hydrogen (secondary N) is 1. The standard InChI is InChI=1S/C31H39N7O4/c1-5-28(40)37-13-16-42-20-26(37)27(39)10-9-22-7-6-8-23(17-22)19-36(4)31-35-30(33-24-11-14-41-15-12-24)34-29-25(21(2)3)18-32-38(29)31/h1,6-8,17-18,21,24,26H,9-16,19-20H2,2-4H3,(H,33,34). The summed E-state index contributed by atoms with van der Waals surface area (Å²) in [5.74, 6) is 3.16. The lowest BCUT2D eigenvalue weighted by Crippen LogP contribution is -2.52. The molecule has 0 radical (unpaired) electrons. The van der Waals surface area contributed by atoms with Crippen molar-refractivity contribution in [3.8, 4) is 12.3 Å². The van der Waals surface area contributed by atoms with Crippen LogP contribution in [-0.4, -0.2) is 88.3 Å². The molecule has 11 heteroatoms. The summed E-state index contributed by atoms with van der Waals surface area (Å²) in [5.41, 5.74) is 3.98. The lowest BCUT2D eigenvalue weighted by molar-refractivity contribution is -0.143. The first-order chi connectivity index (χ1) is 20.3. The van der Waals surface area contributed by atoms with E-state index in [1.807, 2.05) is 29.9 Å². The van der Waals surface area contributed by atoms with Crippen LogP contribution >= 0.6 is 0 Å². The van der Waals surface area contributed by atoms with Crippen LogP contribution in [0.3, 0.4) is 0 Å². The summed E-state index contributed by atoms with van der Waals surface area (Å²) in [7, 11) is 1.99. The van der Waals surface area contributed by atoms with Gasteiger partial charge in [0.05, 0.1) is 19.4 Å². The number of aryl methyl sites for hydroxylation is 1. The summed E-state index contributed by atoms with van der Waals surface area (Å²) >= 11 is 0. The lowest BCUT2D eigenvalue weighted by Gasteiger charge is -2.33. The predicted molar refractivity (Wildman–Crippen MR) is 159 cm³/mol. The van der Waals surface area contributed by atoms with Crippen LogP contribution in [0.1, 0.15) is 55.7 Å². The first kappa shape index (κ1) is 29.5. The second kappa shape index (κ2) is 13.3. The first-order valence-electron chi connectivity index (χ1n) is 14.6. The van der Waals surface area contributed by atoms with E-state index in [4.69, 9.17) is 25.9 Å². The monoisotopic (exact) mass is 573 g/mol. The van der Waals surface area contributed by atoms with E-state index in [9.17, 15) is 9.59 Å². The molecule has 2 fully saturated rings. The van der Waals surface area contributed by atoms with Crippen LogP contribution in [0.15, 0.2) is 30.5 Å². The van der Waals surface area contributed by atoms with Gasteiger partial charge in [-0.2, -0.15) is 19.6 Å². The Hall–Kier alpha value is -4.01. The molecular formula is C31H39N7O4. The zero-order chi connectivity index (χ0) is 29.6. The zero-order valence-electron chi connectivity index (χ0n) is 24.6. The number of carbonyl (C=O) groups excluding carboxylic acids is 2. The number of benzene rings is 1. The molecule has 5 rings (SSSR count). The number of morpholine rings is 1. The van der Waals surface area contributed by atoms with Gasteiger partial charge in [-0.1, -0.05) is 38.1 Å². The third-order valence-corrected chi connectivity index (χ3v) is 7.85. The van der Waals surface area contributed by atoms with Gasteiger partial charge in [0.1, 0.15) is 6.04 Å². The number of rotatable bonds is 10. The maximum absolute atomic E-state index is 13.0. The molecule has 1 aromatic carbocycles. The molecule has 0 saturated carbocycles. The van der Waals surface area contributed by atoms with Gasteiger partial charge in [-0.25, -0.2) is 0 Å². The average molecular weight is 574 g/mol. The molecule has 3 aromatic rings. The van der Waals surface area contributed by atoms with Gasteiger partial charge in [0.25, 0.3) is 5.91 Å². The molecule has 0 spiro atoms. The summed E-state index contributed by atoms with van der Waals surface area (Å²) in [4.78, 5) is 38.4. The van der Waals surface area contributed by atoms with E-state index in [2.05, 4.69) is 47.2 Å². The molecule has 42 heavy (non-hydrogen) atoms. The molecule has 0 aliphatic carbocycles. The summed E-state index contributed by atoms with van der Waals surface area (Å²) in [5, 5.41) is 8.16. The summed E-state index contributed by atoms with van der Waals surface area (Å²) in [6, 6.07) is 7.81. The normalized spacial score (nSPS) is 17.8. The maximum atomic E-state index is 13.0. The van der Waals surface area contributed by atoms with Crippen LogP contribution in [0.5, 0.6) is 0 Å². The Labute approximate surface area is 246 Å². The third kappa shape index (κ3) is 6.72. The van der Waals surface area contributed by atoms with Gasteiger partial charge < -0.3 is 24.6 Å². The highest BCUT2D eigenvalue weighted by atomic mass is 16.5. The molecule has 2 saturated heterocycles. The number of aromatic nitrogens is 4. The molecule has 1 amide bonds. The molecule has 1 atom stereocenters. The van der Waals surface area contributed by atoms with Crippen molar-refractivity contribution in [3.63, 3.8) is 0 Å². The van der Waals surface area contributed by atoms with Gasteiger partial charge >= 0.3 is 0 Å². The predicted octanol–water partition coefficient (Wildman–Crippen LogP) is 2.84. The number of nitrogens with zero attached hydrogens (tertiary/aromatic N) is 6. The number of Topliss-reactive ketones (excluding diaryl/α,β-unsaturated/α-hetero) is 1. The number of terminal acetylenes is 1. The average Bonchev–Trinajstić information content (AvgIpc) is 3.44. The fourth-order valence-corrected chi connectivity index (χ4v) is 5.48. The van der Waals surface area contributed by atoms with Gasteiger partial charge in [-0.15, -0.1) is 6.42 Å². The molecule has 1 N–H and O–H groups in total. The van der Waals surface area contributed by atoms with E-state index in [1.165, 1.54) is 4.90 Å². The largest absolute Gasteiger partial charge is 0.381 e. The Morgan fingerprint density at radius 1 is 1.17 bits per heavy atom. The summed E-state index contributed by atoms with van der Waals surface area (Å²) in [6.45, 7) is 7.22. The number of ketones is 1. The minimum atomic E-state index is -0.634. The molecular weight excluding hydrogens is 534 g/mol. The second-order valence-corrected chi connectivity index (χ2v) is 11.2. The number of amides is 1. The van der Waals surface area contributed by atoms with Crippen LogP contribution in [0.2, 0.25) is 0 Å². The van der Waals surface area contributed by atoms with E-state index < -0.39 is 11.9 Å². The van der Waals surface area contributed by atoms with Gasteiger partial charge in [-0.05, 0) is 42.2 Å². The molecule has 2 aliphatic rings. The molecule has 2 aromatic heterocycles. The van der Waals surface area contributed by atoms with Crippen molar-refractivity contribution in [3.05, 3.63) is 47.2 Å². The Balaban J connectivity index is 1.30. The third-order valence-electron chi connectivity index (χ3n) is 7.85. The highest BCUT2D eigenvalue weighted by Gasteiger charge is 2.31. The molecule has 2 aliphatic heterocycles. The van der Waals surface area contributed by atoms with E-state index >= 15 is 0 Å². The first-order valence-corrected chi connectivity index (χ1v) is 14.6. The molecule has 1 unspecified atom stereocenters. The van der Waals surface area contributed by atoms with Crippen LogP contribution in [0.25, 0.3) is 5.65 Å². The molecule has 0 bridgehead atoms. The van der Waals surface area contributed by atoms with Gasteiger partial charge in [-0.3, -0.25) is 9.59 Å². The number of hydrogen-bond donors (Lipinski definition) is 1. The van der Waals surface area contributed by atoms with Crippen molar-refractivity contribution < 1.29 is 19.1 Å². The Bertz CT molecular complexity index is 1460. The maximum Gasteiger partial charge on any atom is 0.298 e. The van der Waals surface area contributed by atoms with E-state index in [1.54, 1.807) is 0 Å². The quantitative estimate of drug-likeness (QED) is 0.366. The zero-order valence-corrected chi connectivity index (χ0v) is 24.6. The lowest BCUT2D eigenvalue weighted by atomic mass is 10.0. The highest BCUT2D eigenvalue weighted by Crippen LogP contribution is 2.25. The fraction of sp³-hybridized carbons (Fsp3) is 0.516. The molecule has 11 nitrogen and oxygen atoms in total. The van der Waals surface area contributed by atoms with E-state index in [0.717, 1.165) is 48.4 Å². The van der Waals surface area contributed by atoms with Crippen molar-refractivity contribution in [2.45, 2.75) is 64.1 Å². The van der Waals surface area contributed by atoms with Crippen LogP contribution < -0.4 is 10.2 Å². The van der Waals surface area contributed by atoms with Gasteiger partial charge in [0.15, 0.2) is 11.4 Å². The Morgan fingerprint density at radius 3 is 2.71 bits per heavy atom. The molecule has 222 valence electrons. The van der Waals surface area contributed by atoms with Crippen molar-refractivity contribution in [1.29, 1.82) is 0 Å². The van der Waals surface area contributed by atoms with Crippen LogP contribution in [-0.2, 0) is 32.0 Å². The smallest absolute Gasteiger partial charge is 0.298 e. The topological polar surface area (TPSA) is 114 Å². The van der Waals surface area contributed by atoms with E-state index in [0.29, 0.717) is 44.4 Å². The summed E-state index contributed by atoms with van der Waals surface area (Å²) in [6.07, 6.45) is 9.85. The Morgan fingerprint density at radius 2 is 1.95 bits per heavy atom. The van der Waals surface area contributed by atoms with Crippen LogP contribution in [0, 0.1) is 12.3 Å². The number of anilines is 2. The Kier molecular flexibility index (Phi) is 9.35. The minimum absolute atomic E-state index is 0.0478. The van der Waals surface area contributed by atoms with Crippen LogP contribution in [0.4, 0.5) is 11.9 Å². The fourth-order valence-electron chi connectivity index (χ4n) is 5.48. The number of ether oxygens (including phenoxy) is 2. The van der Waals surface area contributed by atoms with Gasteiger partial charge in [0.2, 0.25) is 11.9 Å².